The first kappa shape index (κ1) is 36.8. The second kappa shape index (κ2) is 16.1. The van der Waals surface area contributed by atoms with Crippen molar-refractivity contribution in [1.29, 1.82) is 5.26 Å². The van der Waals surface area contributed by atoms with Crippen molar-refractivity contribution in [3.63, 3.8) is 0 Å². The number of carbonyl (C=O) groups excluding carboxylic acids is 4. The Labute approximate surface area is 303 Å². The van der Waals surface area contributed by atoms with Gasteiger partial charge in [0.25, 0.3) is 11.8 Å². The van der Waals surface area contributed by atoms with E-state index in [0.717, 1.165) is 10.4 Å². The van der Waals surface area contributed by atoms with Gasteiger partial charge in [-0.1, -0.05) is 42.5 Å². The number of amides is 4. The zero-order chi connectivity index (χ0) is 36.7. The molecule has 10 nitrogen and oxygen atoms in total. The first-order valence-corrected chi connectivity index (χ1v) is 17.7. The third-order valence-corrected chi connectivity index (χ3v) is 9.79. The monoisotopic (exact) mass is 725 g/mol. The molecule has 0 aliphatic carbocycles. The smallest absolute Gasteiger partial charge is 0.410 e. The number of carbonyl (C=O) groups is 4. The van der Waals surface area contributed by atoms with E-state index >= 15 is 0 Å². The summed E-state index contributed by atoms with van der Waals surface area (Å²) in [6.07, 6.45) is 1.31. The number of nitriles is 1. The highest BCUT2D eigenvalue weighted by atomic mass is 32.2. The number of fused-ring (bicyclic) bond motifs is 1. The van der Waals surface area contributed by atoms with Crippen molar-refractivity contribution in [3.05, 3.63) is 118 Å². The standard InChI is InChI=1S/C38H36FN5O5S2/c1-23(33(45)43-36-29(21-40)28-17-18-44(22-32(28)51-36)37(48)49-38(2,3)4)50-27-15-10-14-26(20-27)41-35(47)31(19-25-13-8-9-16-30(25)39)42-34(46)24-11-6-5-7-12-24/h5-16,19-20,23H,17-18,22H2,1-4H3,(H,41,47)(H,42,46)(H,43,45)/b31-19-. The molecule has 1 atom stereocenters. The lowest BCUT2D eigenvalue weighted by molar-refractivity contribution is -0.115. The van der Waals surface area contributed by atoms with Crippen LogP contribution >= 0.6 is 23.1 Å². The highest BCUT2D eigenvalue weighted by Gasteiger charge is 2.30. The van der Waals surface area contributed by atoms with Crippen LogP contribution in [-0.2, 0) is 27.3 Å². The van der Waals surface area contributed by atoms with Crippen molar-refractivity contribution in [2.45, 2.75) is 56.4 Å². The van der Waals surface area contributed by atoms with Crippen LogP contribution in [-0.4, -0.2) is 46.1 Å². The number of nitrogens with one attached hydrogen (secondary N) is 3. The molecule has 1 unspecified atom stereocenters. The quantitative estimate of drug-likeness (QED) is 0.119. The molecule has 0 saturated carbocycles. The van der Waals surface area contributed by atoms with Gasteiger partial charge in [-0.2, -0.15) is 5.26 Å². The molecule has 13 heteroatoms. The summed E-state index contributed by atoms with van der Waals surface area (Å²) < 4.78 is 20.0. The molecule has 0 radical (unpaired) electrons. The normalized spacial score (nSPS) is 13.3. The number of halogens is 1. The van der Waals surface area contributed by atoms with E-state index in [1.165, 1.54) is 47.4 Å². The first-order valence-electron chi connectivity index (χ1n) is 16.1. The number of benzene rings is 3. The van der Waals surface area contributed by atoms with E-state index in [-0.39, 0.29) is 23.7 Å². The maximum Gasteiger partial charge on any atom is 0.410 e. The Kier molecular flexibility index (Phi) is 11.6. The highest BCUT2D eigenvalue weighted by Crippen LogP contribution is 2.38. The van der Waals surface area contributed by atoms with Gasteiger partial charge in [0.1, 0.15) is 28.2 Å². The van der Waals surface area contributed by atoms with E-state index in [1.807, 2.05) is 0 Å². The van der Waals surface area contributed by atoms with Crippen LogP contribution in [0.25, 0.3) is 6.08 Å². The van der Waals surface area contributed by atoms with Gasteiger partial charge in [-0.05, 0) is 82.2 Å². The molecule has 5 rings (SSSR count). The number of thiophene rings is 1. The predicted molar refractivity (Wildman–Crippen MR) is 197 cm³/mol. The lowest BCUT2D eigenvalue weighted by Crippen LogP contribution is -2.39. The minimum Gasteiger partial charge on any atom is -0.444 e. The van der Waals surface area contributed by atoms with Gasteiger partial charge in [0, 0.05) is 33.1 Å². The Hall–Kier alpha value is -5.45. The number of thioether (sulfide) groups is 1. The van der Waals surface area contributed by atoms with Gasteiger partial charge in [0.15, 0.2) is 0 Å². The average Bonchev–Trinajstić information content (AvgIpc) is 3.44. The Morgan fingerprint density at radius 1 is 1.02 bits per heavy atom. The van der Waals surface area contributed by atoms with Crippen LogP contribution in [0, 0.1) is 17.1 Å². The molecule has 4 aromatic rings. The van der Waals surface area contributed by atoms with E-state index in [2.05, 4.69) is 22.0 Å². The Bertz CT molecular complexity index is 2030. The van der Waals surface area contributed by atoms with Crippen LogP contribution in [0.15, 0.2) is 89.5 Å². The van der Waals surface area contributed by atoms with E-state index < -0.39 is 34.6 Å². The molecular formula is C38H36FN5O5S2. The molecule has 3 N–H and O–H groups in total. The van der Waals surface area contributed by atoms with Crippen LogP contribution in [0.5, 0.6) is 0 Å². The summed E-state index contributed by atoms with van der Waals surface area (Å²) >= 11 is 2.52. The summed E-state index contributed by atoms with van der Waals surface area (Å²) in [5.74, 6) is -2.10. The van der Waals surface area contributed by atoms with Crippen LogP contribution in [0.4, 0.5) is 19.9 Å². The third-order valence-electron chi connectivity index (χ3n) is 7.56. The summed E-state index contributed by atoms with van der Waals surface area (Å²) in [6, 6.07) is 23.3. The van der Waals surface area contributed by atoms with Crippen molar-refractivity contribution < 1.29 is 28.3 Å². The molecule has 51 heavy (non-hydrogen) atoms. The molecule has 1 aliphatic heterocycles. The van der Waals surface area contributed by atoms with Gasteiger partial charge in [0.2, 0.25) is 5.91 Å². The molecule has 1 aromatic heterocycles. The third kappa shape index (κ3) is 9.62. The number of hydrogen-bond acceptors (Lipinski definition) is 8. The molecule has 3 aromatic carbocycles. The molecule has 0 bridgehead atoms. The molecular weight excluding hydrogens is 690 g/mol. The Morgan fingerprint density at radius 3 is 2.45 bits per heavy atom. The van der Waals surface area contributed by atoms with Crippen molar-refractivity contribution >= 4 is 63.7 Å². The minimum atomic E-state index is -0.675. The van der Waals surface area contributed by atoms with E-state index in [1.54, 1.807) is 93.3 Å². The predicted octanol–water partition coefficient (Wildman–Crippen LogP) is 7.58. The van der Waals surface area contributed by atoms with Crippen molar-refractivity contribution in [1.82, 2.24) is 10.2 Å². The Balaban J connectivity index is 1.26. The fourth-order valence-corrected chi connectivity index (χ4v) is 7.24. The van der Waals surface area contributed by atoms with Gasteiger partial charge in [-0.15, -0.1) is 23.1 Å². The number of ether oxygens (including phenoxy) is 1. The van der Waals surface area contributed by atoms with Crippen molar-refractivity contribution in [3.8, 4) is 6.07 Å². The lowest BCUT2D eigenvalue weighted by atomic mass is 10.0. The van der Waals surface area contributed by atoms with Crippen LogP contribution in [0.2, 0.25) is 0 Å². The highest BCUT2D eigenvalue weighted by molar-refractivity contribution is 8.00. The second-order valence-corrected chi connectivity index (χ2v) is 15.1. The van der Waals surface area contributed by atoms with Gasteiger partial charge >= 0.3 is 6.09 Å². The molecule has 0 saturated heterocycles. The zero-order valence-corrected chi connectivity index (χ0v) is 30.0. The number of rotatable bonds is 9. The summed E-state index contributed by atoms with van der Waals surface area (Å²) in [4.78, 5) is 55.5. The summed E-state index contributed by atoms with van der Waals surface area (Å²) in [7, 11) is 0. The van der Waals surface area contributed by atoms with Gasteiger partial charge in [0.05, 0.1) is 17.4 Å². The molecule has 2 heterocycles. The molecule has 4 amide bonds. The van der Waals surface area contributed by atoms with Gasteiger partial charge in [-0.25, -0.2) is 9.18 Å². The van der Waals surface area contributed by atoms with Crippen molar-refractivity contribution in [2.75, 3.05) is 17.2 Å². The van der Waals surface area contributed by atoms with E-state index in [4.69, 9.17) is 4.74 Å². The fourth-order valence-electron chi connectivity index (χ4n) is 5.10. The summed E-state index contributed by atoms with van der Waals surface area (Å²) in [5.41, 5.74) is 1.25. The largest absolute Gasteiger partial charge is 0.444 e. The molecule has 262 valence electrons. The maximum atomic E-state index is 14.5. The van der Waals surface area contributed by atoms with Crippen LogP contribution in [0.3, 0.4) is 0 Å². The maximum absolute atomic E-state index is 14.5. The van der Waals surface area contributed by atoms with E-state index in [0.29, 0.717) is 39.7 Å². The molecule has 1 aliphatic rings. The topological polar surface area (TPSA) is 141 Å². The van der Waals surface area contributed by atoms with Crippen LogP contribution < -0.4 is 16.0 Å². The van der Waals surface area contributed by atoms with Gasteiger partial charge < -0.3 is 25.6 Å². The second-order valence-electron chi connectivity index (χ2n) is 12.6. The van der Waals surface area contributed by atoms with Crippen LogP contribution in [0.1, 0.15) is 59.6 Å². The number of nitrogens with zero attached hydrogens (tertiary/aromatic N) is 2. The fraction of sp³-hybridized carbons (Fsp3) is 0.237. The number of hydrogen-bond donors (Lipinski definition) is 3. The molecule has 0 spiro atoms. The minimum absolute atomic E-state index is 0.117. The lowest BCUT2D eigenvalue weighted by Gasteiger charge is -2.29. The van der Waals surface area contributed by atoms with E-state index in [9.17, 15) is 28.8 Å². The first-order chi connectivity index (χ1) is 24.3. The Morgan fingerprint density at radius 2 is 1.75 bits per heavy atom. The number of anilines is 2. The zero-order valence-electron chi connectivity index (χ0n) is 28.4. The van der Waals surface area contributed by atoms with Crippen molar-refractivity contribution in [2.24, 2.45) is 0 Å². The average molecular weight is 726 g/mol. The summed E-state index contributed by atoms with van der Waals surface area (Å²) in [5, 5.41) is 18.0. The van der Waals surface area contributed by atoms with Gasteiger partial charge in [-0.3, -0.25) is 14.4 Å². The summed E-state index contributed by atoms with van der Waals surface area (Å²) in [6.45, 7) is 7.82. The SMILES string of the molecule is CC(Sc1cccc(NC(=O)/C(=C/c2ccccc2F)NC(=O)c2ccccc2)c1)C(=O)Nc1sc2c(c1C#N)CCN(C(=O)OC(C)(C)C)C2. The molecule has 0 fully saturated rings.